The summed E-state index contributed by atoms with van der Waals surface area (Å²) in [5.41, 5.74) is 0.595. The molecule has 4 heteroatoms. The van der Waals surface area contributed by atoms with E-state index in [0.29, 0.717) is 0 Å². The minimum atomic E-state index is -0.423. The topological polar surface area (TPSA) is 22.0 Å². The molecule has 0 bridgehead atoms. The van der Waals surface area contributed by atoms with Gasteiger partial charge in [-0.05, 0) is 0 Å². The molecule has 2 nitrogen and oxygen atoms in total. The Morgan fingerprint density at radius 3 is 2.47 bits per heavy atom. The Labute approximate surface area is 103 Å². The first-order valence-electron chi connectivity index (χ1n) is 5.13. The molecule has 84 valence electrons. The van der Waals surface area contributed by atoms with E-state index in [0.717, 1.165) is 9.95 Å². The molecule has 0 atom stereocenters. The van der Waals surface area contributed by atoms with Gasteiger partial charge in [-0.2, -0.15) is 0 Å². The van der Waals surface area contributed by atoms with Crippen LogP contribution in [0, 0.1) is 5.82 Å². The molecular weight excluding hydrogens is 284 g/mol. The zero-order chi connectivity index (χ0) is 11.8. The zero-order valence-electron chi connectivity index (χ0n) is 8.76. The number of fused-ring (bicyclic) bond motifs is 1. The summed E-state index contributed by atoms with van der Waals surface area (Å²) in [6.07, 6.45) is 0. The summed E-state index contributed by atoms with van der Waals surface area (Å²) in [4.78, 5) is 12.1. The van der Waals surface area contributed by atoms with Crippen molar-refractivity contribution in [3.63, 3.8) is 0 Å². The Morgan fingerprint density at radius 1 is 1.00 bits per heavy atom. The van der Waals surface area contributed by atoms with Crippen molar-refractivity contribution in [2.75, 3.05) is 0 Å². The van der Waals surface area contributed by atoms with Crippen LogP contribution in [0.5, 0.6) is 0 Å². The van der Waals surface area contributed by atoms with Gasteiger partial charge in [0.1, 0.15) is 0 Å². The fourth-order valence-electron chi connectivity index (χ4n) is 1.76. The first-order chi connectivity index (χ1) is 8.27. The quantitative estimate of drug-likeness (QED) is 0.630. The van der Waals surface area contributed by atoms with Crippen LogP contribution in [0.2, 0.25) is 0 Å². The number of hydrogen-bond donors (Lipinski definition) is 0. The molecule has 1 heterocycles. The van der Waals surface area contributed by atoms with Crippen LogP contribution in [0.4, 0.5) is 4.39 Å². The molecule has 1 aromatic heterocycles. The third-order valence-corrected chi connectivity index (χ3v) is 4.85. The van der Waals surface area contributed by atoms with Gasteiger partial charge in [-0.3, -0.25) is 0 Å². The van der Waals surface area contributed by atoms with Crippen molar-refractivity contribution in [1.29, 1.82) is 0 Å². The average Bonchev–Trinajstić information content (AvgIpc) is 2.69. The van der Waals surface area contributed by atoms with Gasteiger partial charge in [0, 0.05) is 0 Å². The molecule has 0 saturated carbocycles. The van der Waals surface area contributed by atoms with Crippen LogP contribution in [-0.4, -0.2) is 18.3 Å². The molecule has 0 aliphatic carbocycles. The minimum absolute atomic E-state index is 0.171. The number of benzene rings is 2. The fraction of sp³-hybridized carbons (Fsp3) is 0. The zero-order valence-corrected chi connectivity index (χ0v) is 10.5. The molecule has 0 unspecified atom stereocenters. The van der Waals surface area contributed by atoms with E-state index in [2.05, 4.69) is 0 Å². The Kier molecular flexibility index (Phi) is 2.46. The molecule has 0 spiro atoms. The van der Waals surface area contributed by atoms with Crippen molar-refractivity contribution in [3.8, 4) is 5.69 Å². The van der Waals surface area contributed by atoms with Crippen LogP contribution in [0.1, 0.15) is 0 Å². The molecule has 0 N–H and O–H groups in total. The molecule has 0 radical (unpaired) electrons. The van der Waals surface area contributed by atoms with E-state index < -0.39 is 5.82 Å². The number of halogens is 1. The monoisotopic (exact) mass is 293 g/mol. The standard InChI is InChI=1S/C13H8FNOSe/c14-10-7-4-8-11-12(10)13(16)15(17-11)9-5-2-1-3-6-9/h1-8H. The summed E-state index contributed by atoms with van der Waals surface area (Å²) < 4.78 is 16.1. The van der Waals surface area contributed by atoms with Gasteiger partial charge < -0.3 is 0 Å². The van der Waals surface area contributed by atoms with Gasteiger partial charge in [-0.1, -0.05) is 0 Å². The number of hydrogen-bond acceptors (Lipinski definition) is 1. The normalized spacial score (nSPS) is 10.9. The van der Waals surface area contributed by atoms with E-state index in [1.807, 2.05) is 36.4 Å². The van der Waals surface area contributed by atoms with Crippen molar-refractivity contribution < 1.29 is 4.39 Å². The number of rotatable bonds is 1. The summed E-state index contributed by atoms with van der Waals surface area (Å²) in [5.74, 6) is -0.423. The number of nitrogens with zero attached hydrogens (tertiary/aromatic N) is 1. The Hall–Kier alpha value is -1.64. The van der Waals surface area contributed by atoms with Gasteiger partial charge in [-0.15, -0.1) is 0 Å². The van der Waals surface area contributed by atoms with Crippen LogP contribution >= 0.6 is 0 Å². The second kappa shape index (κ2) is 3.99. The van der Waals surface area contributed by atoms with Crippen LogP contribution in [0.3, 0.4) is 0 Å². The fourth-order valence-corrected chi connectivity index (χ4v) is 3.89. The van der Waals surface area contributed by atoms with Crippen LogP contribution in [0.25, 0.3) is 15.3 Å². The van der Waals surface area contributed by atoms with Gasteiger partial charge in [0.25, 0.3) is 0 Å². The molecular formula is C13H8FNOSe. The van der Waals surface area contributed by atoms with Crippen LogP contribution in [0.15, 0.2) is 53.3 Å². The molecule has 0 amide bonds. The third-order valence-electron chi connectivity index (χ3n) is 2.55. The van der Waals surface area contributed by atoms with E-state index >= 15 is 0 Å². The van der Waals surface area contributed by atoms with Crippen molar-refractivity contribution in [2.24, 2.45) is 0 Å². The predicted molar refractivity (Wildman–Crippen MR) is 66.4 cm³/mol. The van der Waals surface area contributed by atoms with Crippen LogP contribution < -0.4 is 5.56 Å². The molecule has 2 aromatic carbocycles. The Morgan fingerprint density at radius 2 is 1.76 bits per heavy atom. The molecule has 3 aromatic rings. The molecule has 0 aliphatic rings. The van der Waals surface area contributed by atoms with E-state index in [-0.39, 0.29) is 25.7 Å². The number of aromatic nitrogens is 1. The van der Waals surface area contributed by atoms with E-state index in [1.165, 1.54) is 6.07 Å². The van der Waals surface area contributed by atoms with Crippen molar-refractivity contribution >= 4 is 24.4 Å². The van der Waals surface area contributed by atoms with Crippen molar-refractivity contribution in [1.82, 2.24) is 3.56 Å². The SMILES string of the molecule is O=c1c2c(F)cccc2[se]n1-c1ccccc1. The maximum atomic E-state index is 13.6. The van der Waals surface area contributed by atoms with Gasteiger partial charge in [0.2, 0.25) is 0 Å². The second-order valence-electron chi connectivity index (χ2n) is 3.64. The Balaban J connectivity index is 2.37. The summed E-state index contributed by atoms with van der Waals surface area (Å²) in [6, 6.07) is 14.2. The molecule has 17 heavy (non-hydrogen) atoms. The first kappa shape index (κ1) is 10.5. The second-order valence-corrected chi connectivity index (χ2v) is 5.71. The van der Waals surface area contributed by atoms with Gasteiger partial charge >= 0.3 is 103 Å². The molecule has 3 rings (SSSR count). The molecule has 0 fully saturated rings. The summed E-state index contributed by atoms with van der Waals surface area (Å²) in [5, 5.41) is 0.233. The van der Waals surface area contributed by atoms with Crippen molar-refractivity contribution in [3.05, 3.63) is 64.7 Å². The number of para-hydroxylation sites is 1. The maximum absolute atomic E-state index is 13.6. The van der Waals surface area contributed by atoms with E-state index in [9.17, 15) is 9.18 Å². The molecule has 0 saturated heterocycles. The predicted octanol–water partition coefficient (Wildman–Crippen LogP) is 2.19. The van der Waals surface area contributed by atoms with Crippen molar-refractivity contribution in [2.45, 2.75) is 0 Å². The Bertz CT molecular complexity index is 730. The summed E-state index contributed by atoms with van der Waals surface area (Å²) >= 11 is -0.171. The van der Waals surface area contributed by atoms with E-state index in [1.54, 1.807) is 9.63 Å². The van der Waals surface area contributed by atoms with E-state index in [4.69, 9.17) is 0 Å². The van der Waals surface area contributed by atoms with Gasteiger partial charge in [-0.25, -0.2) is 0 Å². The summed E-state index contributed by atoms with van der Waals surface area (Å²) in [6.45, 7) is 0. The van der Waals surface area contributed by atoms with Gasteiger partial charge in [0.15, 0.2) is 0 Å². The molecule has 0 aliphatic heterocycles. The summed E-state index contributed by atoms with van der Waals surface area (Å²) in [7, 11) is 0. The van der Waals surface area contributed by atoms with Gasteiger partial charge in [0.05, 0.1) is 0 Å². The van der Waals surface area contributed by atoms with Crippen LogP contribution in [-0.2, 0) is 0 Å². The average molecular weight is 292 g/mol. The first-order valence-corrected chi connectivity index (χ1v) is 6.75. The third kappa shape index (κ3) is 1.66.